The summed E-state index contributed by atoms with van der Waals surface area (Å²) < 4.78 is 23.6. The van der Waals surface area contributed by atoms with E-state index in [1.54, 1.807) is 24.5 Å². The molecule has 24 heavy (non-hydrogen) atoms. The van der Waals surface area contributed by atoms with E-state index in [2.05, 4.69) is 15.1 Å². The summed E-state index contributed by atoms with van der Waals surface area (Å²) in [6.07, 6.45) is 3.69. The lowest BCUT2D eigenvalue weighted by molar-refractivity contribution is 0.0979. The first-order valence-electron chi connectivity index (χ1n) is 7.27. The first-order valence-corrected chi connectivity index (χ1v) is 7.27. The highest BCUT2D eigenvalue weighted by atomic mass is 19.1. The van der Waals surface area contributed by atoms with E-state index in [9.17, 15) is 9.18 Å². The molecule has 0 spiro atoms. The highest BCUT2D eigenvalue weighted by molar-refractivity contribution is 5.96. The van der Waals surface area contributed by atoms with Crippen molar-refractivity contribution in [2.24, 2.45) is 0 Å². The molecule has 3 rings (SSSR count). The fraction of sp³-hybridized carbons (Fsp3) is 0.176. The SMILES string of the molecule is COc1ccc(C(=O)CCc2nc(-c3ccncc3)no2)cc1F. The fourth-order valence-corrected chi connectivity index (χ4v) is 2.18. The second kappa shape index (κ2) is 6.99. The van der Waals surface area contributed by atoms with E-state index in [-0.39, 0.29) is 29.9 Å². The van der Waals surface area contributed by atoms with Gasteiger partial charge in [0.25, 0.3) is 0 Å². The lowest BCUT2D eigenvalue weighted by Crippen LogP contribution is -2.02. The van der Waals surface area contributed by atoms with Gasteiger partial charge in [-0.2, -0.15) is 4.98 Å². The second-order valence-corrected chi connectivity index (χ2v) is 5.02. The molecule has 0 N–H and O–H groups in total. The van der Waals surface area contributed by atoms with Crippen LogP contribution >= 0.6 is 0 Å². The number of ketones is 1. The Labute approximate surface area is 137 Å². The Hall–Kier alpha value is -3.09. The third-order valence-corrected chi connectivity index (χ3v) is 3.45. The first kappa shape index (κ1) is 15.8. The number of hydrogen-bond acceptors (Lipinski definition) is 6. The minimum absolute atomic E-state index is 0.102. The van der Waals surface area contributed by atoms with E-state index in [0.29, 0.717) is 11.7 Å². The number of benzene rings is 1. The van der Waals surface area contributed by atoms with Gasteiger partial charge in [0.05, 0.1) is 7.11 Å². The van der Waals surface area contributed by atoms with E-state index in [0.717, 1.165) is 11.6 Å². The van der Waals surface area contributed by atoms with Gasteiger partial charge in [-0.1, -0.05) is 5.16 Å². The van der Waals surface area contributed by atoms with Crippen LogP contribution in [0.5, 0.6) is 5.75 Å². The Balaban J connectivity index is 1.65. The van der Waals surface area contributed by atoms with Crippen molar-refractivity contribution in [3.05, 3.63) is 60.0 Å². The van der Waals surface area contributed by atoms with Gasteiger partial charge in [-0.3, -0.25) is 9.78 Å². The van der Waals surface area contributed by atoms with Crippen LogP contribution in [0.4, 0.5) is 4.39 Å². The van der Waals surface area contributed by atoms with E-state index in [1.165, 1.54) is 19.2 Å². The van der Waals surface area contributed by atoms with Crippen molar-refractivity contribution >= 4 is 5.78 Å². The van der Waals surface area contributed by atoms with Crippen LogP contribution in [0.15, 0.2) is 47.2 Å². The average Bonchev–Trinajstić information content (AvgIpc) is 3.09. The zero-order chi connectivity index (χ0) is 16.9. The topological polar surface area (TPSA) is 78.1 Å². The molecular weight excluding hydrogens is 313 g/mol. The van der Waals surface area contributed by atoms with Crippen LogP contribution in [-0.2, 0) is 6.42 Å². The van der Waals surface area contributed by atoms with Gasteiger partial charge in [0, 0.05) is 36.4 Å². The van der Waals surface area contributed by atoms with Gasteiger partial charge in [0.15, 0.2) is 17.3 Å². The maximum absolute atomic E-state index is 13.6. The molecule has 0 amide bonds. The number of nitrogens with zero attached hydrogens (tertiary/aromatic N) is 3. The number of carbonyl (C=O) groups is 1. The maximum atomic E-state index is 13.6. The summed E-state index contributed by atoms with van der Waals surface area (Å²) in [4.78, 5) is 20.3. The van der Waals surface area contributed by atoms with Crippen molar-refractivity contribution in [1.29, 1.82) is 0 Å². The molecule has 1 aromatic carbocycles. The van der Waals surface area contributed by atoms with E-state index < -0.39 is 5.82 Å². The summed E-state index contributed by atoms with van der Waals surface area (Å²) in [5.74, 6) is 0.117. The monoisotopic (exact) mass is 327 g/mol. The van der Waals surface area contributed by atoms with Gasteiger partial charge in [-0.05, 0) is 30.3 Å². The van der Waals surface area contributed by atoms with Crippen LogP contribution in [0.3, 0.4) is 0 Å². The summed E-state index contributed by atoms with van der Waals surface area (Å²) in [7, 11) is 1.37. The zero-order valence-corrected chi connectivity index (χ0v) is 12.9. The molecule has 7 heteroatoms. The quantitative estimate of drug-likeness (QED) is 0.647. The van der Waals surface area contributed by atoms with Crippen molar-refractivity contribution in [3.8, 4) is 17.1 Å². The molecule has 3 aromatic rings. The van der Waals surface area contributed by atoms with Crippen molar-refractivity contribution in [2.45, 2.75) is 12.8 Å². The molecule has 0 aliphatic heterocycles. The minimum Gasteiger partial charge on any atom is -0.494 e. The number of ether oxygens (including phenoxy) is 1. The summed E-state index contributed by atoms with van der Waals surface area (Å²) >= 11 is 0. The number of aryl methyl sites for hydroxylation is 1. The number of pyridine rings is 1. The second-order valence-electron chi connectivity index (χ2n) is 5.02. The van der Waals surface area contributed by atoms with Gasteiger partial charge >= 0.3 is 0 Å². The van der Waals surface area contributed by atoms with Crippen molar-refractivity contribution in [1.82, 2.24) is 15.1 Å². The third-order valence-electron chi connectivity index (χ3n) is 3.45. The summed E-state index contributed by atoms with van der Waals surface area (Å²) in [6.45, 7) is 0. The average molecular weight is 327 g/mol. The van der Waals surface area contributed by atoms with Crippen LogP contribution in [0, 0.1) is 5.82 Å². The Morgan fingerprint density at radius 2 is 2.04 bits per heavy atom. The van der Waals surface area contributed by atoms with Crippen LogP contribution in [0.25, 0.3) is 11.4 Å². The molecule has 0 radical (unpaired) electrons. The zero-order valence-electron chi connectivity index (χ0n) is 12.9. The highest BCUT2D eigenvalue weighted by Crippen LogP contribution is 2.19. The maximum Gasteiger partial charge on any atom is 0.227 e. The number of halogens is 1. The third kappa shape index (κ3) is 3.45. The molecule has 0 aliphatic rings. The molecule has 0 unspecified atom stereocenters. The molecule has 0 saturated heterocycles. The van der Waals surface area contributed by atoms with Crippen molar-refractivity contribution < 1.29 is 18.4 Å². The molecule has 0 bridgehead atoms. The smallest absolute Gasteiger partial charge is 0.227 e. The van der Waals surface area contributed by atoms with Crippen LogP contribution in [0.1, 0.15) is 22.7 Å². The largest absolute Gasteiger partial charge is 0.494 e. The normalized spacial score (nSPS) is 10.6. The molecule has 0 aliphatic carbocycles. The Morgan fingerprint density at radius 1 is 1.25 bits per heavy atom. The Morgan fingerprint density at radius 3 is 2.75 bits per heavy atom. The number of carbonyl (C=O) groups excluding carboxylic acids is 1. The summed E-state index contributed by atoms with van der Waals surface area (Å²) in [5, 5.41) is 3.87. The predicted octanol–water partition coefficient (Wildman–Crippen LogP) is 3.09. The minimum atomic E-state index is -0.568. The Bertz CT molecular complexity index is 849. The van der Waals surface area contributed by atoms with E-state index in [1.807, 2.05) is 0 Å². The fourth-order valence-electron chi connectivity index (χ4n) is 2.18. The molecule has 0 fully saturated rings. The summed E-state index contributed by atoms with van der Waals surface area (Å²) in [5.41, 5.74) is 1.06. The molecule has 122 valence electrons. The van der Waals surface area contributed by atoms with Crippen LogP contribution < -0.4 is 4.74 Å². The van der Waals surface area contributed by atoms with Gasteiger partial charge < -0.3 is 9.26 Å². The molecule has 2 aromatic heterocycles. The number of rotatable bonds is 6. The van der Waals surface area contributed by atoms with Gasteiger partial charge in [-0.15, -0.1) is 0 Å². The number of Topliss-reactive ketones (excluding diaryl/α,β-unsaturated/α-hetero) is 1. The van der Waals surface area contributed by atoms with Gasteiger partial charge in [-0.25, -0.2) is 4.39 Å². The van der Waals surface area contributed by atoms with Crippen molar-refractivity contribution in [2.75, 3.05) is 7.11 Å². The molecule has 0 saturated carbocycles. The lowest BCUT2D eigenvalue weighted by Gasteiger charge is -2.03. The number of hydrogen-bond donors (Lipinski definition) is 0. The molecule has 0 atom stereocenters. The van der Waals surface area contributed by atoms with Gasteiger partial charge in [0.1, 0.15) is 0 Å². The van der Waals surface area contributed by atoms with Crippen LogP contribution in [0.2, 0.25) is 0 Å². The molecular formula is C17H14FN3O3. The number of methoxy groups -OCH3 is 1. The van der Waals surface area contributed by atoms with Gasteiger partial charge in [0.2, 0.25) is 11.7 Å². The van der Waals surface area contributed by atoms with Crippen LogP contribution in [-0.4, -0.2) is 28.0 Å². The number of aromatic nitrogens is 3. The predicted molar refractivity (Wildman–Crippen MR) is 83.1 cm³/mol. The van der Waals surface area contributed by atoms with Crippen molar-refractivity contribution in [3.63, 3.8) is 0 Å². The van der Waals surface area contributed by atoms with E-state index >= 15 is 0 Å². The summed E-state index contributed by atoms with van der Waals surface area (Å²) in [6, 6.07) is 7.65. The molecule has 6 nitrogen and oxygen atoms in total. The standard InChI is InChI=1S/C17H14FN3O3/c1-23-15-4-2-12(10-13(15)18)14(22)3-5-16-20-17(21-24-16)11-6-8-19-9-7-11/h2,4,6-10H,3,5H2,1H3. The Kier molecular flexibility index (Phi) is 4.60. The highest BCUT2D eigenvalue weighted by Gasteiger charge is 2.13. The molecule has 2 heterocycles. The first-order chi connectivity index (χ1) is 11.7. The van der Waals surface area contributed by atoms with E-state index in [4.69, 9.17) is 9.26 Å². The lowest BCUT2D eigenvalue weighted by atomic mass is 10.1.